The van der Waals surface area contributed by atoms with Crippen LogP contribution >= 0.6 is 0 Å². The fourth-order valence-corrected chi connectivity index (χ4v) is 1.48. The number of hydrogen-bond donors (Lipinski definition) is 0. The second-order valence-electron chi connectivity index (χ2n) is 3.36. The Morgan fingerprint density at radius 3 is 1.80 bits per heavy atom. The summed E-state index contributed by atoms with van der Waals surface area (Å²) in [5.74, 6) is 0. The maximum absolute atomic E-state index is 11.3. The first kappa shape index (κ1) is 10.6. The Hall–Kier alpha value is 0.557. The SMILES string of the molecule is CC1([O-])CCCCCC1.[Li+]. The zero-order valence-electron chi connectivity index (χ0n) is 7.15. The van der Waals surface area contributed by atoms with Crippen molar-refractivity contribution in [2.75, 3.05) is 0 Å². The number of hydrogen-bond acceptors (Lipinski definition) is 1. The maximum Gasteiger partial charge on any atom is 1.00 e. The summed E-state index contributed by atoms with van der Waals surface area (Å²) < 4.78 is 0. The Morgan fingerprint density at radius 2 is 1.40 bits per heavy atom. The molecule has 54 valence electrons. The van der Waals surface area contributed by atoms with Gasteiger partial charge < -0.3 is 5.11 Å². The van der Waals surface area contributed by atoms with E-state index < -0.39 is 5.60 Å². The van der Waals surface area contributed by atoms with Gasteiger partial charge in [0.15, 0.2) is 0 Å². The average molecular weight is 134 g/mol. The third-order valence-electron chi connectivity index (χ3n) is 2.16. The van der Waals surface area contributed by atoms with Crippen LogP contribution in [0.25, 0.3) is 0 Å². The van der Waals surface area contributed by atoms with Crippen molar-refractivity contribution in [2.24, 2.45) is 0 Å². The monoisotopic (exact) mass is 134 g/mol. The second-order valence-corrected chi connectivity index (χ2v) is 3.36. The van der Waals surface area contributed by atoms with Crippen LogP contribution in [0.2, 0.25) is 0 Å². The van der Waals surface area contributed by atoms with Crippen molar-refractivity contribution in [3.8, 4) is 0 Å². The predicted molar refractivity (Wildman–Crippen MR) is 36.1 cm³/mol. The van der Waals surface area contributed by atoms with Crippen LogP contribution in [0.4, 0.5) is 0 Å². The minimum Gasteiger partial charge on any atom is -0.850 e. The van der Waals surface area contributed by atoms with Gasteiger partial charge in [-0.05, 0) is 0 Å². The van der Waals surface area contributed by atoms with Crippen molar-refractivity contribution in [3.05, 3.63) is 0 Å². The Labute approximate surface area is 75.4 Å². The molecule has 0 N–H and O–H groups in total. The zero-order valence-corrected chi connectivity index (χ0v) is 7.15. The van der Waals surface area contributed by atoms with E-state index in [0.717, 1.165) is 25.7 Å². The van der Waals surface area contributed by atoms with E-state index in [1.165, 1.54) is 12.8 Å². The third kappa shape index (κ3) is 3.66. The fourth-order valence-electron chi connectivity index (χ4n) is 1.48. The molecule has 0 radical (unpaired) electrons. The van der Waals surface area contributed by atoms with Crippen LogP contribution in [0, 0.1) is 0 Å². The Balaban J connectivity index is 0.000000810. The molecule has 10 heavy (non-hydrogen) atoms. The van der Waals surface area contributed by atoms with Crippen LogP contribution in [0.5, 0.6) is 0 Å². The molecule has 0 aromatic rings. The van der Waals surface area contributed by atoms with Crippen LogP contribution < -0.4 is 24.0 Å². The Morgan fingerprint density at radius 1 is 1.00 bits per heavy atom. The van der Waals surface area contributed by atoms with Crippen molar-refractivity contribution in [1.29, 1.82) is 0 Å². The molecule has 0 heterocycles. The van der Waals surface area contributed by atoms with Gasteiger partial charge in [0.05, 0.1) is 0 Å². The topological polar surface area (TPSA) is 23.1 Å². The summed E-state index contributed by atoms with van der Waals surface area (Å²) in [6.45, 7) is 1.85. The molecule has 0 saturated heterocycles. The van der Waals surface area contributed by atoms with Crippen molar-refractivity contribution in [3.63, 3.8) is 0 Å². The molecule has 1 saturated carbocycles. The van der Waals surface area contributed by atoms with Gasteiger partial charge in [-0.2, -0.15) is 0 Å². The quantitative estimate of drug-likeness (QED) is 0.291. The molecule has 0 spiro atoms. The van der Waals surface area contributed by atoms with Crippen LogP contribution in [-0.4, -0.2) is 5.60 Å². The molecule has 0 aromatic heterocycles. The van der Waals surface area contributed by atoms with Crippen LogP contribution in [0.15, 0.2) is 0 Å². The minimum atomic E-state index is -0.587. The molecule has 1 fully saturated rings. The van der Waals surface area contributed by atoms with Gasteiger partial charge in [0.1, 0.15) is 0 Å². The zero-order chi connectivity index (χ0) is 6.74. The Bertz CT molecular complexity index is 81.3. The van der Waals surface area contributed by atoms with E-state index >= 15 is 0 Å². The van der Waals surface area contributed by atoms with Gasteiger partial charge in [-0.1, -0.05) is 45.4 Å². The maximum atomic E-state index is 11.3. The summed E-state index contributed by atoms with van der Waals surface area (Å²) in [6.07, 6.45) is 6.65. The third-order valence-corrected chi connectivity index (χ3v) is 2.16. The molecule has 1 nitrogen and oxygen atoms in total. The molecule has 1 rings (SSSR count). The first-order chi connectivity index (χ1) is 4.21. The summed E-state index contributed by atoms with van der Waals surface area (Å²) >= 11 is 0. The van der Waals surface area contributed by atoms with E-state index in [2.05, 4.69) is 0 Å². The van der Waals surface area contributed by atoms with Crippen molar-refractivity contribution < 1.29 is 24.0 Å². The molecule has 1 aliphatic rings. The van der Waals surface area contributed by atoms with E-state index in [-0.39, 0.29) is 18.9 Å². The van der Waals surface area contributed by atoms with Gasteiger partial charge in [0.2, 0.25) is 0 Å². The van der Waals surface area contributed by atoms with E-state index in [1.54, 1.807) is 0 Å². The molecule has 2 heteroatoms. The minimum absolute atomic E-state index is 0. The first-order valence-electron chi connectivity index (χ1n) is 3.91. The summed E-state index contributed by atoms with van der Waals surface area (Å²) in [4.78, 5) is 0. The van der Waals surface area contributed by atoms with Gasteiger partial charge >= 0.3 is 18.9 Å². The molecule has 0 bridgehead atoms. The first-order valence-corrected chi connectivity index (χ1v) is 3.91. The van der Waals surface area contributed by atoms with Crippen LogP contribution in [0.1, 0.15) is 45.4 Å². The Kier molecular flexibility index (Phi) is 4.69. The van der Waals surface area contributed by atoms with E-state index in [4.69, 9.17) is 0 Å². The molecule has 0 aliphatic heterocycles. The van der Waals surface area contributed by atoms with Gasteiger partial charge in [0, 0.05) is 0 Å². The van der Waals surface area contributed by atoms with Gasteiger partial charge in [-0.15, -0.1) is 5.60 Å². The predicted octanol–water partition coefficient (Wildman–Crippen LogP) is -1.54. The van der Waals surface area contributed by atoms with Crippen molar-refractivity contribution >= 4 is 0 Å². The average Bonchev–Trinajstić information content (AvgIpc) is 1.92. The van der Waals surface area contributed by atoms with Crippen LogP contribution in [-0.2, 0) is 0 Å². The van der Waals surface area contributed by atoms with E-state index in [0.29, 0.717) is 0 Å². The van der Waals surface area contributed by atoms with E-state index in [1.807, 2.05) is 6.92 Å². The number of rotatable bonds is 0. The summed E-state index contributed by atoms with van der Waals surface area (Å²) in [5.41, 5.74) is -0.587. The summed E-state index contributed by atoms with van der Waals surface area (Å²) in [5, 5.41) is 11.3. The van der Waals surface area contributed by atoms with Crippen LogP contribution in [0.3, 0.4) is 0 Å². The van der Waals surface area contributed by atoms with Crippen molar-refractivity contribution in [2.45, 2.75) is 51.0 Å². The standard InChI is InChI=1S/C8H15O.Li/c1-8(9)6-4-2-3-5-7-8;/h2-7H2,1H3;/q-1;+1. The molecule has 0 unspecified atom stereocenters. The molecule has 0 aromatic carbocycles. The summed E-state index contributed by atoms with van der Waals surface area (Å²) in [7, 11) is 0. The normalized spacial score (nSPS) is 24.6. The smallest absolute Gasteiger partial charge is 0.850 e. The van der Waals surface area contributed by atoms with Gasteiger partial charge in [-0.3, -0.25) is 0 Å². The largest absolute Gasteiger partial charge is 1.00 e. The van der Waals surface area contributed by atoms with Gasteiger partial charge in [-0.25, -0.2) is 0 Å². The molecule has 0 amide bonds. The summed E-state index contributed by atoms with van der Waals surface area (Å²) in [6, 6.07) is 0. The van der Waals surface area contributed by atoms with E-state index in [9.17, 15) is 5.11 Å². The molecule has 1 aliphatic carbocycles. The van der Waals surface area contributed by atoms with Gasteiger partial charge in [0.25, 0.3) is 0 Å². The fraction of sp³-hybridized carbons (Fsp3) is 1.00. The molecule has 0 atom stereocenters. The van der Waals surface area contributed by atoms with Crippen molar-refractivity contribution in [1.82, 2.24) is 0 Å². The molecular weight excluding hydrogens is 119 g/mol. The second kappa shape index (κ2) is 4.44. The molecular formula is C8H15LiO.